The van der Waals surface area contributed by atoms with Crippen LogP contribution in [0, 0.1) is 27.7 Å². The Morgan fingerprint density at radius 2 is 0.882 bits per heavy atom. The van der Waals surface area contributed by atoms with Crippen LogP contribution in [0.15, 0.2) is 60.7 Å². The molecular weight excluding hydrogens is 432 g/mol. The first-order chi connectivity index (χ1) is 16.1. The predicted molar refractivity (Wildman–Crippen MR) is 133 cm³/mol. The summed E-state index contributed by atoms with van der Waals surface area (Å²) in [5.74, 6) is -3.38. The number of anilines is 4. The van der Waals surface area contributed by atoms with E-state index in [-0.39, 0.29) is 11.4 Å². The van der Waals surface area contributed by atoms with Crippen LogP contribution in [-0.4, -0.2) is 23.6 Å². The Morgan fingerprint density at radius 1 is 0.500 bits per heavy atom. The van der Waals surface area contributed by atoms with Gasteiger partial charge in [-0.2, -0.15) is 0 Å². The lowest BCUT2D eigenvalue weighted by atomic mass is 10.1. The third-order valence-electron chi connectivity index (χ3n) is 5.05. The van der Waals surface area contributed by atoms with E-state index in [9.17, 15) is 19.2 Å². The molecule has 0 fully saturated rings. The molecule has 174 valence electrons. The lowest BCUT2D eigenvalue weighted by Crippen LogP contribution is -2.30. The number of hydrogen-bond donors (Lipinski definition) is 4. The molecular formula is C26H26N4O4. The maximum absolute atomic E-state index is 12.3. The standard InChI is InChI=1S/C26H26N4O4/c1-15-8-10-21(17(3)12-15)29-25(33)23(31)27-19-6-5-7-20(14-19)28-24(32)26(34)30-22-11-9-16(2)13-18(22)4/h5-14H,1-4H3,(H,27,31)(H,28,32)(H,29,33)(H,30,34). The van der Waals surface area contributed by atoms with Crippen molar-refractivity contribution in [3.63, 3.8) is 0 Å². The highest BCUT2D eigenvalue weighted by molar-refractivity contribution is 6.44. The van der Waals surface area contributed by atoms with Crippen LogP contribution < -0.4 is 21.3 Å². The van der Waals surface area contributed by atoms with Crippen LogP contribution in [0.4, 0.5) is 22.7 Å². The van der Waals surface area contributed by atoms with Gasteiger partial charge in [-0.15, -0.1) is 0 Å². The summed E-state index contributed by atoms with van der Waals surface area (Å²) in [6.07, 6.45) is 0. The van der Waals surface area contributed by atoms with Crippen LogP contribution in [0.2, 0.25) is 0 Å². The monoisotopic (exact) mass is 458 g/mol. The largest absolute Gasteiger partial charge is 0.318 e. The smallest absolute Gasteiger partial charge is 0.314 e. The maximum Gasteiger partial charge on any atom is 0.314 e. The Hall–Kier alpha value is -4.46. The fraction of sp³-hybridized carbons (Fsp3) is 0.154. The van der Waals surface area contributed by atoms with Gasteiger partial charge in [0, 0.05) is 22.7 Å². The quantitative estimate of drug-likeness (QED) is 0.441. The average molecular weight is 459 g/mol. The Kier molecular flexibility index (Phi) is 7.43. The molecule has 0 heterocycles. The summed E-state index contributed by atoms with van der Waals surface area (Å²) < 4.78 is 0. The van der Waals surface area contributed by atoms with Crippen molar-refractivity contribution in [3.8, 4) is 0 Å². The molecule has 0 spiro atoms. The first-order valence-electron chi connectivity index (χ1n) is 10.6. The van der Waals surface area contributed by atoms with Gasteiger partial charge >= 0.3 is 23.6 Å². The van der Waals surface area contributed by atoms with E-state index in [1.165, 1.54) is 6.07 Å². The summed E-state index contributed by atoms with van der Waals surface area (Å²) in [5.41, 5.74) is 5.42. The molecule has 0 atom stereocenters. The molecule has 34 heavy (non-hydrogen) atoms. The van der Waals surface area contributed by atoms with Gasteiger partial charge < -0.3 is 21.3 Å². The number of amides is 4. The van der Waals surface area contributed by atoms with Gasteiger partial charge in [0.1, 0.15) is 0 Å². The Balaban J connectivity index is 1.60. The normalized spacial score (nSPS) is 10.2. The summed E-state index contributed by atoms with van der Waals surface area (Å²) >= 11 is 0. The highest BCUT2D eigenvalue weighted by Gasteiger charge is 2.17. The number of nitrogens with one attached hydrogen (secondary N) is 4. The Morgan fingerprint density at radius 3 is 1.26 bits per heavy atom. The van der Waals surface area contributed by atoms with Crippen molar-refractivity contribution in [1.29, 1.82) is 0 Å². The minimum absolute atomic E-state index is 0.286. The van der Waals surface area contributed by atoms with E-state index in [1.54, 1.807) is 30.3 Å². The zero-order valence-electron chi connectivity index (χ0n) is 19.4. The second kappa shape index (κ2) is 10.4. The van der Waals surface area contributed by atoms with E-state index in [4.69, 9.17) is 0 Å². The van der Waals surface area contributed by atoms with Crippen molar-refractivity contribution >= 4 is 46.4 Å². The number of benzene rings is 3. The molecule has 8 nitrogen and oxygen atoms in total. The fourth-order valence-electron chi connectivity index (χ4n) is 3.32. The Labute approximate surface area is 197 Å². The average Bonchev–Trinajstić information content (AvgIpc) is 2.77. The van der Waals surface area contributed by atoms with Gasteiger partial charge in [-0.3, -0.25) is 19.2 Å². The predicted octanol–water partition coefficient (Wildman–Crippen LogP) is 4.07. The van der Waals surface area contributed by atoms with E-state index in [2.05, 4.69) is 21.3 Å². The van der Waals surface area contributed by atoms with Gasteiger partial charge in [0.2, 0.25) is 0 Å². The van der Waals surface area contributed by atoms with E-state index < -0.39 is 23.6 Å². The molecule has 0 aliphatic rings. The van der Waals surface area contributed by atoms with Crippen molar-refractivity contribution in [1.82, 2.24) is 0 Å². The van der Waals surface area contributed by atoms with Gasteiger partial charge in [0.25, 0.3) is 0 Å². The second-order valence-corrected chi connectivity index (χ2v) is 8.03. The van der Waals surface area contributed by atoms with Crippen molar-refractivity contribution in [2.45, 2.75) is 27.7 Å². The van der Waals surface area contributed by atoms with E-state index in [0.29, 0.717) is 11.4 Å². The minimum Gasteiger partial charge on any atom is -0.318 e. The highest BCUT2D eigenvalue weighted by atomic mass is 16.2. The lowest BCUT2D eigenvalue weighted by molar-refractivity contribution is -0.133. The molecule has 0 radical (unpaired) electrons. The highest BCUT2D eigenvalue weighted by Crippen LogP contribution is 2.19. The minimum atomic E-state index is -0.865. The van der Waals surface area contributed by atoms with Crippen molar-refractivity contribution in [2.75, 3.05) is 21.3 Å². The number of hydrogen-bond acceptors (Lipinski definition) is 4. The zero-order chi connectivity index (χ0) is 24.8. The topological polar surface area (TPSA) is 116 Å². The molecule has 8 heteroatoms. The molecule has 3 aromatic rings. The van der Waals surface area contributed by atoms with Crippen LogP contribution in [0.25, 0.3) is 0 Å². The van der Waals surface area contributed by atoms with Gasteiger partial charge in [0.05, 0.1) is 0 Å². The molecule has 0 saturated carbocycles. The lowest BCUT2D eigenvalue weighted by Gasteiger charge is -2.11. The van der Waals surface area contributed by atoms with E-state index >= 15 is 0 Å². The van der Waals surface area contributed by atoms with Crippen molar-refractivity contribution in [2.24, 2.45) is 0 Å². The summed E-state index contributed by atoms with van der Waals surface area (Å²) in [7, 11) is 0. The molecule has 4 N–H and O–H groups in total. The molecule has 3 rings (SSSR count). The Bertz CT molecular complexity index is 1190. The second-order valence-electron chi connectivity index (χ2n) is 8.03. The number of aryl methyl sites for hydroxylation is 4. The molecule has 0 aliphatic heterocycles. The van der Waals surface area contributed by atoms with Crippen LogP contribution in [0.3, 0.4) is 0 Å². The molecule has 4 amide bonds. The zero-order valence-corrected chi connectivity index (χ0v) is 19.4. The third kappa shape index (κ3) is 6.29. The maximum atomic E-state index is 12.3. The molecule has 0 bridgehead atoms. The van der Waals surface area contributed by atoms with Crippen LogP contribution in [0.1, 0.15) is 22.3 Å². The summed E-state index contributed by atoms with van der Waals surface area (Å²) in [5, 5.41) is 10.1. The molecule has 0 saturated heterocycles. The number of rotatable bonds is 4. The van der Waals surface area contributed by atoms with Gasteiger partial charge in [-0.25, -0.2) is 0 Å². The summed E-state index contributed by atoms with van der Waals surface area (Å²) in [4.78, 5) is 49.2. The van der Waals surface area contributed by atoms with E-state index in [1.807, 2.05) is 52.0 Å². The third-order valence-corrected chi connectivity index (χ3v) is 5.05. The summed E-state index contributed by atoms with van der Waals surface area (Å²) in [6.45, 7) is 7.54. The van der Waals surface area contributed by atoms with Crippen molar-refractivity contribution in [3.05, 3.63) is 82.9 Å². The van der Waals surface area contributed by atoms with Crippen LogP contribution >= 0.6 is 0 Å². The first-order valence-corrected chi connectivity index (χ1v) is 10.6. The number of carbonyl (C=O) groups is 4. The summed E-state index contributed by atoms with van der Waals surface area (Å²) in [6, 6.07) is 17.1. The molecule has 0 unspecified atom stereocenters. The molecule has 3 aromatic carbocycles. The van der Waals surface area contributed by atoms with Gasteiger partial charge in [-0.1, -0.05) is 41.5 Å². The molecule has 0 aromatic heterocycles. The van der Waals surface area contributed by atoms with Gasteiger partial charge in [-0.05, 0) is 69.2 Å². The van der Waals surface area contributed by atoms with Gasteiger partial charge in [0.15, 0.2) is 0 Å². The van der Waals surface area contributed by atoms with E-state index in [0.717, 1.165) is 22.3 Å². The van der Waals surface area contributed by atoms with Crippen molar-refractivity contribution < 1.29 is 19.2 Å². The fourth-order valence-corrected chi connectivity index (χ4v) is 3.32. The van der Waals surface area contributed by atoms with Crippen LogP contribution in [0.5, 0.6) is 0 Å². The SMILES string of the molecule is Cc1ccc(NC(=O)C(=O)Nc2cccc(NC(=O)C(=O)Nc3ccc(C)cc3C)c2)c(C)c1. The number of carbonyl (C=O) groups excluding carboxylic acids is 4. The first kappa shape index (κ1) is 24.2. The van der Waals surface area contributed by atoms with Crippen LogP contribution in [-0.2, 0) is 19.2 Å². The molecule has 0 aliphatic carbocycles.